The van der Waals surface area contributed by atoms with E-state index < -0.39 is 24.3 Å². The molecule has 93 heavy (non-hydrogen) atoms. The molecule has 0 heterocycles. The van der Waals surface area contributed by atoms with Gasteiger partial charge in [-0.2, -0.15) is 0 Å². The van der Waals surface area contributed by atoms with Crippen LogP contribution in [0.15, 0.2) is 122 Å². The monoisotopic (exact) mass is 1300 g/mol. The molecule has 0 N–H and O–H groups in total. The van der Waals surface area contributed by atoms with Crippen molar-refractivity contribution in [2.45, 2.75) is 347 Å². The number of ether oxygens (including phenoxy) is 4. The Balaban J connectivity index is 4.05. The van der Waals surface area contributed by atoms with Gasteiger partial charge in [-0.25, -0.2) is 0 Å². The number of allylic oxidation sites excluding steroid dienone is 20. The number of nitrogens with zero attached hydrogens (tertiary/aromatic N) is 1. The first-order valence-electron chi connectivity index (χ1n) is 38.7. The molecular formula is C84H145NO8. The van der Waals surface area contributed by atoms with Crippen LogP contribution in [0.5, 0.6) is 0 Å². The number of esters is 2. The SMILES string of the molecule is CC/C=C\C/C=C\C/C=C\C/C=C\C/C=C\C/C=C\C/C=C\CCCCCCCCCCCCCCCCCCCC(=O)OC(COC(=O)CCCCCCCCCCCCCCCC/C=C\C/C=C\C/C=C\CCCCCCC)COC(OCC[N+](C)(C)C)C(=O)[O-]. The molecule has 534 valence electrons. The van der Waals surface area contributed by atoms with Crippen LogP contribution < -0.4 is 5.11 Å². The Morgan fingerprint density at radius 3 is 0.914 bits per heavy atom. The highest BCUT2D eigenvalue weighted by molar-refractivity contribution is 5.70. The summed E-state index contributed by atoms with van der Waals surface area (Å²) < 4.78 is 22.9. The molecule has 0 aliphatic rings. The Morgan fingerprint density at radius 2 is 0.613 bits per heavy atom. The van der Waals surface area contributed by atoms with Crippen molar-refractivity contribution in [3.8, 4) is 0 Å². The summed E-state index contributed by atoms with van der Waals surface area (Å²) >= 11 is 0. The highest BCUT2D eigenvalue weighted by Crippen LogP contribution is 2.18. The second kappa shape index (κ2) is 73.5. The summed E-state index contributed by atoms with van der Waals surface area (Å²) in [5.74, 6) is -2.27. The molecule has 0 fully saturated rings. The summed E-state index contributed by atoms with van der Waals surface area (Å²) in [4.78, 5) is 37.6. The maximum atomic E-state index is 13.0. The van der Waals surface area contributed by atoms with Crippen molar-refractivity contribution in [1.29, 1.82) is 0 Å². The summed E-state index contributed by atoms with van der Waals surface area (Å²) in [7, 11) is 5.94. The smallest absolute Gasteiger partial charge is 0.306 e. The van der Waals surface area contributed by atoms with Crippen molar-refractivity contribution < 1.29 is 42.9 Å². The maximum absolute atomic E-state index is 13.0. The minimum atomic E-state index is -1.63. The van der Waals surface area contributed by atoms with E-state index in [1.807, 2.05) is 21.1 Å². The van der Waals surface area contributed by atoms with Gasteiger partial charge in [0.15, 0.2) is 12.4 Å². The molecule has 0 bridgehead atoms. The third-order valence-corrected chi connectivity index (χ3v) is 16.7. The molecule has 2 unspecified atom stereocenters. The molecule has 0 spiro atoms. The summed E-state index contributed by atoms with van der Waals surface area (Å²) in [6, 6.07) is 0. The first kappa shape index (κ1) is 88.7. The molecule has 9 heteroatoms. The number of carbonyl (C=O) groups excluding carboxylic acids is 3. The van der Waals surface area contributed by atoms with Crippen molar-refractivity contribution in [3.05, 3.63) is 122 Å². The molecule has 0 saturated carbocycles. The van der Waals surface area contributed by atoms with Crippen LogP contribution in [0.25, 0.3) is 0 Å². The lowest BCUT2D eigenvalue weighted by atomic mass is 10.0. The molecular weight excluding hydrogens is 1150 g/mol. The number of carbonyl (C=O) groups is 3. The predicted octanol–water partition coefficient (Wildman–Crippen LogP) is 23.4. The summed E-state index contributed by atoms with van der Waals surface area (Å²) in [5.41, 5.74) is 0. The lowest BCUT2D eigenvalue weighted by molar-refractivity contribution is -0.870. The number of quaternary nitrogens is 1. The minimum absolute atomic E-state index is 0.145. The van der Waals surface area contributed by atoms with Gasteiger partial charge in [0.2, 0.25) is 0 Å². The minimum Gasteiger partial charge on any atom is -0.545 e. The number of hydrogen-bond acceptors (Lipinski definition) is 8. The molecule has 0 aromatic rings. The number of unbranched alkanes of at least 4 members (excludes halogenated alkanes) is 36. The largest absolute Gasteiger partial charge is 0.545 e. The van der Waals surface area contributed by atoms with Crippen LogP contribution in [0.4, 0.5) is 0 Å². The Morgan fingerprint density at radius 1 is 0.333 bits per heavy atom. The van der Waals surface area contributed by atoms with E-state index in [-0.39, 0.29) is 38.6 Å². The zero-order valence-electron chi connectivity index (χ0n) is 61.1. The van der Waals surface area contributed by atoms with E-state index in [9.17, 15) is 19.5 Å². The highest BCUT2D eigenvalue weighted by Gasteiger charge is 2.22. The fraction of sp³-hybridized carbons (Fsp3) is 0.726. The van der Waals surface area contributed by atoms with Gasteiger partial charge in [0, 0.05) is 12.8 Å². The number of carboxylic acids is 1. The van der Waals surface area contributed by atoms with Gasteiger partial charge in [-0.3, -0.25) is 9.59 Å². The van der Waals surface area contributed by atoms with Gasteiger partial charge in [0.25, 0.3) is 0 Å². The zero-order chi connectivity index (χ0) is 67.5. The Kier molecular flexibility index (Phi) is 70.1. The van der Waals surface area contributed by atoms with E-state index in [2.05, 4.69) is 135 Å². The predicted molar refractivity (Wildman–Crippen MR) is 398 cm³/mol. The van der Waals surface area contributed by atoms with Gasteiger partial charge in [0.1, 0.15) is 13.2 Å². The third kappa shape index (κ3) is 74.9. The van der Waals surface area contributed by atoms with E-state index in [4.69, 9.17) is 18.9 Å². The van der Waals surface area contributed by atoms with Gasteiger partial charge >= 0.3 is 11.9 Å². The molecule has 0 rings (SSSR count). The molecule has 0 aromatic carbocycles. The molecule has 2 atom stereocenters. The van der Waals surface area contributed by atoms with Gasteiger partial charge in [-0.1, -0.05) is 334 Å². The first-order chi connectivity index (χ1) is 45.6. The van der Waals surface area contributed by atoms with Crippen LogP contribution in [0.2, 0.25) is 0 Å². The fourth-order valence-electron chi connectivity index (χ4n) is 10.8. The lowest BCUT2D eigenvalue weighted by Gasteiger charge is -2.26. The Labute approximate surface area is 574 Å². The van der Waals surface area contributed by atoms with Gasteiger partial charge < -0.3 is 33.3 Å². The van der Waals surface area contributed by atoms with Crippen molar-refractivity contribution in [2.24, 2.45) is 0 Å². The molecule has 0 aliphatic carbocycles. The van der Waals surface area contributed by atoms with Gasteiger partial charge in [0.05, 0.1) is 40.3 Å². The molecule has 9 nitrogen and oxygen atoms in total. The number of carboxylic acid groups (broad SMARTS) is 1. The van der Waals surface area contributed by atoms with Crippen LogP contribution in [0.1, 0.15) is 335 Å². The zero-order valence-corrected chi connectivity index (χ0v) is 61.1. The van der Waals surface area contributed by atoms with Gasteiger partial charge in [-0.15, -0.1) is 0 Å². The number of hydrogen-bond donors (Lipinski definition) is 0. The number of aliphatic carboxylic acids is 1. The summed E-state index contributed by atoms with van der Waals surface area (Å²) in [5, 5.41) is 11.9. The molecule has 0 amide bonds. The second-order valence-electron chi connectivity index (χ2n) is 26.9. The highest BCUT2D eigenvalue weighted by atomic mass is 16.7. The van der Waals surface area contributed by atoms with Crippen LogP contribution >= 0.6 is 0 Å². The molecule has 0 radical (unpaired) electrons. The van der Waals surface area contributed by atoms with Crippen LogP contribution in [-0.2, 0) is 33.3 Å². The van der Waals surface area contributed by atoms with Crippen LogP contribution in [-0.4, -0.2) is 82.3 Å². The van der Waals surface area contributed by atoms with E-state index in [1.165, 1.54) is 205 Å². The fourth-order valence-corrected chi connectivity index (χ4v) is 10.8. The quantitative estimate of drug-likeness (QED) is 0.0195. The van der Waals surface area contributed by atoms with E-state index >= 15 is 0 Å². The third-order valence-electron chi connectivity index (χ3n) is 16.7. The van der Waals surface area contributed by atoms with E-state index in [0.717, 1.165) is 96.3 Å². The standard InChI is InChI=1S/C84H145NO8/c1-6-8-10-12-14-16-18-20-22-24-26-28-30-32-34-36-37-38-39-40-41-42-43-44-45-47-49-51-53-55-57-59-61-63-65-67-69-71-73-75-82(87)93-80(79-92-84(83(88)89)90-77-76-85(3,4)5)78-91-81(86)74-72-70-68-66-64-62-60-58-56-54-52-50-48-46-35-33-31-29-27-25-23-21-19-17-15-13-11-9-7-2/h8,10,14,16,19-22,25-28,31-34,37-38,40-41,80,84H,6-7,9,11-13,15,17-18,23-24,29-30,35-36,39,42-79H2,1-5H3/b10-8-,16-14-,21-19-,22-20-,27-25-,28-26-,33-31-,34-32-,38-37-,41-40-. The van der Waals surface area contributed by atoms with Crippen molar-refractivity contribution in [3.63, 3.8) is 0 Å². The molecule has 0 saturated heterocycles. The van der Waals surface area contributed by atoms with Crippen molar-refractivity contribution in [1.82, 2.24) is 0 Å². The molecule has 0 aromatic heterocycles. The number of rotatable bonds is 71. The topological polar surface area (TPSA) is 111 Å². The maximum Gasteiger partial charge on any atom is 0.306 e. The van der Waals surface area contributed by atoms with E-state index in [1.54, 1.807) is 0 Å². The first-order valence-corrected chi connectivity index (χ1v) is 38.7. The number of likely N-dealkylation sites (N-methyl/N-ethyl adjacent to an activating group) is 1. The Bertz CT molecular complexity index is 1950. The summed E-state index contributed by atoms with van der Waals surface area (Å²) in [6.45, 7) is 4.65. The summed E-state index contributed by atoms with van der Waals surface area (Å²) in [6.07, 6.45) is 102. The van der Waals surface area contributed by atoms with E-state index in [0.29, 0.717) is 17.4 Å². The van der Waals surface area contributed by atoms with Gasteiger partial charge in [-0.05, 0) is 109 Å². The normalized spacial score (nSPS) is 13.3. The average molecular weight is 1300 g/mol. The lowest BCUT2D eigenvalue weighted by Crippen LogP contribution is -2.44. The second-order valence-corrected chi connectivity index (χ2v) is 26.9. The average Bonchev–Trinajstić information content (AvgIpc) is 3.38. The molecule has 0 aliphatic heterocycles. The van der Waals surface area contributed by atoms with Crippen LogP contribution in [0, 0.1) is 0 Å². The van der Waals surface area contributed by atoms with Crippen LogP contribution in [0.3, 0.4) is 0 Å². The van der Waals surface area contributed by atoms with Crippen molar-refractivity contribution in [2.75, 3.05) is 47.5 Å². The Hall–Kier alpha value is -4.31. The van der Waals surface area contributed by atoms with Crippen molar-refractivity contribution >= 4 is 17.9 Å².